The Bertz CT molecular complexity index is 1190. The first-order valence-corrected chi connectivity index (χ1v) is 10.0. The van der Waals surface area contributed by atoms with Gasteiger partial charge in [-0.05, 0) is 42.3 Å². The van der Waals surface area contributed by atoms with Crippen LogP contribution in [-0.2, 0) is 11.3 Å². The number of aromatic nitrogens is 4. The third-order valence-electron chi connectivity index (χ3n) is 5.43. The van der Waals surface area contributed by atoms with E-state index in [0.29, 0.717) is 6.42 Å². The summed E-state index contributed by atoms with van der Waals surface area (Å²) >= 11 is 0. The van der Waals surface area contributed by atoms with Crippen LogP contribution < -0.4 is 9.80 Å². The number of hydrogen-bond donors (Lipinski definition) is 0. The molecule has 0 spiro atoms. The molecule has 1 aromatic carbocycles. The molecule has 1 amide bonds. The highest BCUT2D eigenvalue weighted by Gasteiger charge is 2.21. The molecule has 0 N–H and O–H groups in total. The van der Waals surface area contributed by atoms with Gasteiger partial charge in [0, 0.05) is 50.2 Å². The zero-order valence-corrected chi connectivity index (χ0v) is 16.8. The van der Waals surface area contributed by atoms with Gasteiger partial charge in [-0.25, -0.2) is 9.50 Å². The molecular formula is C23H22N6O. The predicted molar refractivity (Wildman–Crippen MR) is 116 cm³/mol. The van der Waals surface area contributed by atoms with Gasteiger partial charge in [0.1, 0.15) is 5.82 Å². The second-order valence-electron chi connectivity index (χ2n) is 7.52. The average Bonchev–Trinajstić information content (AvgIpc) is 3.40. The molecule has 0 radical (unpaired) electrons. The standard InChI is InChI=1S/C23H22N6O/c1-27(16-17-4-2-12-24-14-17)22-11-10-21-25-15-20(29(21)26-22)18-6-8-19(9-7-18)28-13-3-5-23(28)30/h2,4,6-12,14-15H,3,5,13,16H2,1H3. The Balaban J connectivity index is 1.43. The summed E-state index contributed by atoms with van der Waals surface area (Å²) in [4.78, 5) is 24.6. The lowest BCUT2D eigenvalue weighted by Crippen LogP contribution is -2.23. The lowest BCUT2D eigenvalue weighted by molar-refractivity contribution is -0.117. The third-order valence-corrected chi connectivity index (χ3v) is 5.43. The van der Waals surface area contributed by atoms with E-state index in [1.165, 1.54) is 0 Å². The lowest BCUT2D eigenvalue weighted by Gasteiger charge is -2.18. The van der Waals surface area contributed by atoms with Crippen molar-refractivity contribution < 1.29 is 4.79 Å². The number of benzene rings is 1. The molecule has 4 heterocycles. The molecule has 1 fully saturated rings. The number of hydrogen-bond acceptors (Lipinski definition) is 5. The van der Waals surface area contributed by atoms with Crippen LogP contribution in [0.15, 0.2) is 67.1 Å². The Morgan fingerprint density at radius 2 is 1.93 bits per heavy atom. The van der Waals surface area contributed by atoms with Gasteiger partial charge >= 0.3 is 0 Å². The predicted octanol–water partition coefficient (Wildman–Crippen LogP) is 3.55. The van der Waals surface area contributed by atoms with Crippen LogP contribution in [0.4, 0.5) is 11.5 Å². The van der Waals surface area contributed by atoms with E-state index in [1.807, 2.05) is 71.3 Å². The molecular weight excluding hydrogens is 376 g/mol. The van der Waals surface area contributed by atoms with Gasteiger partial charge in [0.2, 0.25) is 5.91 Å². The van der Waals surface area contributed by atoms with Crippen molar-refractivity contribution in [1.29, 1.82) is 0 Å². The largest absolute Gasteiger partial charge is 0.354 e. The highest BCUT2D eigenvalue weighted by atomic mass is 16.2. The van der Waals surface area contributed by atoms with Crippen molar-refractivity contribution in [3.8, 4) is 11.3 Å². The fourth-order valence-corrected chi connectivity index (χ4v) is 3.84. The molecule has 30 heavy (non-hydrogen) atoms. The van der Waals surface area contributed by atoms with Crippen LogP contribution in [0.1, 0.15) is 18.4 Å². The quantitative estimate of drug-likeness (QED) is 0.514. The van der Waals surface area contributed by atoms with Crippen molar-refractivity contribution in [2.24, 2.45) is 0 Å². The first-order valence-electron chi connectivity index (χ1n) is 10.0. The SMILES string of the molecule is CN(Cc1cccnc1)c1ccc2ncc(-c3ccc(N4CCCC4=O)cc3)n2n1. The van der Waals surface area contributed by atoms with Crippen LogP contribution >= 0.6 is 0 Å². The van der Waals surface area contributed by atoms with Crippen LogP contribution in [0.3, 0.4) is 0 Å². The molecule has 4 aromatic rings. The van der Waals surface area contributed by atoms with Gasteiger partial charge in [-0.15, -0.1) is 5.10 Å². The van der Waals surface area contributed by atoms with E-state index in [0.717, 1.165) is 53.5 Å². The van der Waals surface area contributed by atoms with Crippen LogP contribution in [0.25, 0.3) is 16.9 Å². The van der Waals surface area contributed by atoms with Crippen molar-refractivity contribution in [1.82, 2.24) is 19.6 Å². The van der Waals surface area contributed by atoms with Gasteiger partial charge in [0.25, 0.3) is 0 Å². The summed E-state index contributed by atoms with van der Waals surface area (Å²) in [5, 5.41) is 4.81. The van der Waals surface area contributed by atoms with E-state index in [2.05, 4.69) is 20.9 Å². The highest BCUT2D eigenvalue weighted by Crippen LogP contribution is 2.27. The number of fused-ring (bicyclic) bond motifs is 1. The molecule has 1 aliphatic rings. The first-order chi connectivity index (χ1) is 14.7. The molecule has 7 nitrogen and oxygen atoms in total. The van der Waals surface area contributed by atoms with E-state index in [4.69, 9.17) is 5.10 Å². The minimum atomic E-state index is 0.195. The second-order valence-corrected chi connectivity index (χ2v) is 7.52. The maximum absolute atomic E-state index is 12.0. The molecule has 0 unspecified atom stereocenters. The zero-order valence-electron chi connectivity index (χ0n) is 16.8. The van der Waals surface area contributed by atoms with Gasteiger partial charge in [-0.1, -0.05) is 18.2 Å². The normalized spacial score (nSPS) is 13.9. The van der Waals surface area contributed by atoms with Crippen molar-refractivity contribution >= 4 is 23.1 Å². The molecule has 1 aliphatic heterocycles. The maximum Gasteiger partial charge on any atom is 0.227 e. The summed E-state index contributed by atoms with van der Waals surface area (Å²) in [6.07, 6.45) is 7.03. The summed E-state index contributed by atoms with van der Waals surface area (Å²) < 4.78 is 1.87. The number of carbonyl (C=O) groups excluding carboxylic acids is 1. The molecule has 150 valence electrons. The number of rotatable bonds is 5. The summed E-state index contributed by atoms with van der Waals surface area (Å²) in [6.45, 7) is 1.51. The van der Waals surface area contributed by atoms with Crippen LogP contribution in [0.5, 0.6) is 0 Å². The van der Waals surface area contributed by atoms with E-state index in [1.54, 1.807) is 6.20 Å². The van der Waals surface area contributed by atoms with E-state index < -0.39 is 0 Å². The zero-order chi connectivity index (χ0) is 20.5. The van der Waals surface area contributed by atoms with E-state index in [-0.39, 0.29) is 5.91 Å². The highest BCUT2D eigenvalue weighted by molar-refractivity contribution is 5.95. The van der Waals surface area contributed by atoms with Gasteiger partial charge in [-0.2, -0.15) is 0 Å². The molecule has 7 heteroatoms. The Labute approximate surface area is 174 Å². The van der Waals surface area contributed by atoms with Gasteiger partial charge in [0.15, 0.2) is 5.65 Å². The number of imidazole rings is 1. The summed E-state index contributed by atoms with van der Waals surface area (Å²) in [6, 6.07) is 16.0. The topological polar surface area (TPSA) is 66.6 Å². The third kappa shape index (κ3) is 3.39. The molecule has 1 saturated heterocycles. The molecule has 0 aliphatic carbocycles. The molecule has 5 rings (SSSR count). The Hall–Kier alpha value is -3.74. The average molecular weight is 398 g/mol. The monoisotopic (exact) mass is 398 g/mol. The van der Waals surface area contributed by atoms with Gasteiger partial charge < -0.3 is 9.80 Å². The molecule has 0 saturated carbocycles. The fraction of sp³-hybridized carbons (Fsp3) is 0.217. The molecule has 0 atom stereocenters. The summed E-state index contributed by atoms with van der Waals surface area (Å²) in [5.41, 5.74) is 4.79. The van der Waals surface area contributed by atoms with Crippen molar-refractivity contribution in [2.45, 2.75) is 19.4 Å². The van der Waals surface area contributed by atoms with Crippen LogP contribution in [-0.4, -0.2) is 39.1 Å². The van der Waals surface area contributed by atoms with Crippen LogP contribution in [0.2, 0.25) is 0 Å². The van der Waals surface area contributed by atoms with Crippen LogP contribution in [0, 0.1) is 0 Å². The van der Waals surface area contributed by atoms with E-state index >= 15 is 0 Å². The Kier molecular flexibility index (Phi) is 4.63. The number of nitrogens with zero attached hydrogens (tertiary/aromatic N) is 6. The fourth-order valence-electron chi connectivity index (χ4n) is 3.84. The number of pyridine rings is 1. The number of carbonyl (C=O) groups is 1. The smallest absolute Gasteiger partial charge is 0.227 e. The number of amides is 1. The summed E-state index contributed by atoms with van der Waals surface area (Å²) in [7, 11) is 2.01. The molecule has 3 aromatic heterocycles. The van der Waals surface area contributed by atoms with Crippen molar-refractivity contribution in [2.75, 3.05) is 23.4 Å². The van der Waals surface area contributed by atoms with Crippen molar-refractivity contribution in [3.05, 3.63) is 72.7 Å². The molecule has 0 bridgehead atoms. The lowest BCUT2D eigenvalue weighted by atomic mass is 10.1. The second kappa shape index (κ2) is 7.59. The Morgan fingerprint density at radius 3 is 2.67 bits per heavy atom. The van der Waals surface area contributed by atoms with Gasteiger partial charge in [0.05, 0.1) is 11.9 Å². The number of anilines is 2. The summed E-state index contributed by atoms with van der Waals surface area (Å²) in [5.74, 6) is 1.05. The minimum absolute atomic E-state index is 0.195. The van der Waals surface area contributed by atoms with Crippen molar-refractivity contribution in [3.63, 3.8) is 0 Å². The maximum atomic E-state index is 12.0. The minimum Gasteiger partial charge on any atom is -0.354 e. The first kappa shape index (κ1) is 18.3. The van der Waals surface area contributed by atoms with Gasteiger partial charge in [-0.3, -0.25) is 9.78 Å². The Morgan fingerprint density at radius 1 is 1.07 bits per heavy atom. The van der Waals surface area contributed by atoms with E-state index in [9.17, 15) is 4.79 Å².